The van der Waals surface area contributed by atoms with Crippen LogP contribution >= 0.6 is 15.9 Å². The van der Waals surface area contributed by atoms with Gasteiger partial charge in [-0.2, -0.15) is 0 Å². The van der Waals surface area contributed by atoms with Gasteiger partial charge in [-0.1, -0.05) is 15.9 Å². The van der Waals surface area contributed by atoms with Crippen LogP contribution < -0.4 is 9.47 Å². The van der Waals surface area contributed by atoms with E-state index < -0.39 is 6.10 Å². The predicted octanol–water partition coefficient (Wildman–Crippen LogP) is 2.83. The minimum absolute atomic E-state index is 0.0474. The number of halogens is 1. The largest absolute Gasteiger partial charge is 0.496 e. The van der Waals surface area contributed by atoms with E-state index >= 15 is 0 Å². The standard InChI is InChI=1S/C12H17BrO3/c1-7-5-11(16-4)9(6-10(7)15-3)12(14)8(2)13/h5-6,8,12,14H,1-4H3. The van der Waals surface area contributed by atoms with Crippen molar-refractivity contribution in [2.75, 3.05) is 14.2 Å². The van der Waals surface area contributed by atoms with Gasteiger partial charge in [0.1, 0.15) is 11.5 Å². The number of aliphatic hydroxyl groups excluding tert-OH is 1. The van der Waals surface area contributed by atoms with Crippen LogP contribution in [0.25, 0.3) is 0 Å². The zero-order chi connectivity index (χ0) is 12.3. The van der Waals surface area contributed by atoms with Gasteiger partial charge in [-0.25, -0.2) is 0 Å². The highest BCUT2D eigenvalue weighted by Gasteiger charge is 2.19. The molecule has 2 atom stereocenters. The molecule has 3 nitrogen and oxygen atoms in total. The van der Waals surface area contributed by atoms with E-state index in [-0.39, 0.29) is 4.83 Å². The van der Waals surface area contributed by atoms with Gasteiger partial charge >= 0.3 is 0 Å². The number of methoxy groups -OCH3 is 2. The maximum absolute atomic E-state index is 10.0. The topological polar surface area (TPSA) is 38.7 Å². The van der Waals surface area contributed by atoms with Crippen molar-refractivity contribution in [2.24, 2.45) is 0 Å². The summed E-state index contributed by atoms with van der Waals surface area (Å²) in [7, 11) is 3.21. The van der Waals surface area contributed by atoms with E-state index in [1.165, 1.54) is 0 Å². The van der Waals surface area contributed by atoms with E-state index in [1.807, 2.05) is 26.0 Å². The Hall–Kier alpha value is -0.740. The van der Waals surface area contributed by atoms with E-state index in [0.717, 1.165) is 16.9 Å². The fraction of sp³-hybridized carbons (Fsp3) is 0.500. The van der Waals surface area contributed by atoms with E-state index in [0.29, 0.717) is 5.75 Å². The van der Waals surface area contributed by atoms with Crippen LogP contribution in [-0.4, -0.2) is 24.2 Å². The molecular formula is C12H17BrO3. The van der Waals surface area contributed by atoms with E-state index in [9.17, 15) is 5.11 Å². The molecule has 0 fully saturated rings. The van der Waals surface area contributed by atoms with Gasteiger partial charge in [-0.3, -0.25) is 0 Å². The number of aliphatic hydroxyl groups is 1. The molecule has 1 rings (SSSR count). The highest BCUT2D eigenvalue weighted by Crippen LogP contribution is 2.35. The van der Waals surface area contributed by atoms with Gasteiger partial charge in [0.2, 0.25) is 0 Å². The van der Waals surface area contributed by atoms with Crippen LogP contribution in [-0.2, 0) is 0 Å². The van der Waals surface area contributed by atoms with Crippen LogP contribution in [0.2, 0.25) is 0 Å². The summed E-state index contributed by atoms with van der Waals surface area (Å²) in [6.07, 6.45) is -0.621. The van der Waals surface area contributed by atoms with Crippen molar-refractivity contribution in [3.63, 3.8) is 0 Å². The molecule has 0 radical (unpaired) electrons. The molecule has 0 bridgehead atoms. The number of hydrogen-bond acceptors (Lipinski definition) is 3. The average Bonchev–Trinajstić information content (AvgIpc) is 2.27. The second-order valence-corrected chi connectivity index (χ2v) is 5.13. The van der Waals surface area contributed by atoms with Crippen molar-refractivity contribution in [3.05, 3.63) is 23.3 Å². The third kappa shape index (κ3) is 2.68. The van der Waals surface area contributed by atoms with Crippen molar-refractivity contribution in [2.45, 2.75) is 24.8 Å². The third-order valence-electron chi connectivity index (χ3n) is 2.50. The summed E-state index contributed by atoms with van der Waals surface area (Å²) in [6, 6.07) is 3.68. The molecule has 16 heavy (non-hydrogen) atoms. The lowest BCUT2D eigenvalue weighted by Gasteiger charge is -2.19. The van der Waals surface area contributed by atoms with Crippen molar-refractivity contribution in [3.8, 4) is 11.5 Å². The third-order valence-corrected chi connectivity index (χ3v) is 3.00. The van der Waals surface area contributed by atoms with Crippen molar-refractivity contribution < 1.29 is 14.6 Å². The fourth-order valence-corrected chi connectivity index (χ4v) is 1.84. The molecule has 1 aromatic rings. The lowest BCUT2D eigenvalue weighted by atomic mass is 10.0. The first-order valence-corrected chi connectivity index (χ1v) is 5.97. The Balaban J connectivity index is 3.24. The lowest BCUT2D eigenvalue weighted by molar-refractivity contribution is 0.176. The first kappa shape index (κ1) is 13.3. The van der Waals surface area contributed by atoms with Crippen LogP contribution in [0.5, 0.6) is 11.5 Å². The Morgan fingerprint density at radius 3 is 2.19 bits per heavy atom. The molecule has 2 unspecified atom stereocenters. The number of ether oxygens (including phenoxy) is 2. The Morgan fingerprint density at radius 2 is 1.75 bits per heavy atom. The van der Waals surface area contributed by atoms with Gasteiger partial charge in [0.25, 0.3) is 0 Å². The Morgan fingerprint density at radius 1 is 1.19 bits per heavy atom. The number of rotatable bonds is 4. The van der Waals surface area contributed by atoms with Gasteiger partial charge in [0.05, 0.1) is 20.3 Å². The molecule has 0 aliphatic heterocycles. The van der Waals surface area contributed by atoms with E-state index in [2.05, 4.69) is 15.9 Å². The minimum Gasteiger partial charge on any atom is -0.496 e. The van der Waals surface area contributed by atoms with Crippen molar-refractivity contribution in [1.29, 1.82) is 0 Å². The van der Waals surface area contributed by atoms with E-state index in [4.69, 9.17) is 9.47 Å². The monoisotopic (exact) mass is 288 g/mol. The SMILES string of the molecule is COc1cc(C(O)C(C)Br)c(OC)cc1C. The summed E-state index contributed by atoms with van der Waals surface area (Å²) in [6.45, 7) is 3.82. The van der Waals surface area contributed by atoms with Gasteiger partial charge in [-0.05, 0) is 31.5 Å². The van der Waals surface area contributed by atoms with E-state index in [1.54, 1.807) is 14.2 Å². The molecule has 0 amide bonds. The molecule has 0 aliphatic rings. The normalized spacial score (nSPS) is 14.4. The van der Waals surface area contributed by atoms with Crippen LogP contribution in [0.3, 0.4) is 0 Å². The van der Waals surface area contributed by atoms with Gasteiger partial charge in [0.15, 0.2) is 0 Å². The van der Waals surface area contributed by atoms with Crippen LogP contribution in [0, 0.1) is 6.92 Å². The summed E-state index contributed by atoms with van der Waals surface area (Å²) in [5, 5.41) is 10.0. The molecule has 0 spiro atoms. The molecule has 1 aromatic carbocycles. The quantitative estimate of drug-likeness (QED) is 0.866. The molecule has 0 saturated heterocycles. The van der Waals surface area contributed by atoms with Crippen LogP contribution in [0.1, 0.15) is 24.2 Å². The number of alkyl halides is 1. The highest BCUT2D eigenvalue weighted by atomic mass is 79.9. The molecule has 0 aliphatic carbocycles. The van der Waals surface area contributed by atoms with Gasteiger partial charge in [-0.15, -0.1) is 0 Å². The van der Waals surface area contributed by atoms with Crippen LogP contribution in [0.4, 0.5) is 0 Å². The Labute approximate surface area is 105 Å². The minimum atomic E-state index is -0.621. The predicted molar refractivity (Wildman–Crippen MR) is 67.6 cm³/mol. The summed E-state index contributed by atoms with van der Waals surface area (Å²) in [5.74, 6) is 1.43. The first-order valence-electron chi connectivity index (χ1n) is 5.06. The molecule has 4 heteroatoms. The molecule has 0 saturated carbocycles. The second-order valence-electron chi connectivity index (χ2n) is 3.69. The Kier molecular flexibility index (Phi) is 4.62. The molecule has 1 N–H and O–H groups in total. The maximum atomic E-state index is 10.0. The van der Waals surface area contributed by atoms with Crippen molar-refractivity contribution >= 4 is 15.9 Å². The molecule has 0 aromatic heterocycles. The van der Waals surface area contributed by atoms with Gasteiger partial charge in [0, 0.05) is 10.4 Å². The maximum Gasteiger partial charge on any atom is 0.125 e. The highest BCUT2D eigenvalue weighted by molar-refractivity contribution is 9.09. The number of benzene rings is 1. The Bertz CT molecular complexity index is 364. The second kappa shape index (κ2) is 5.55. The fourth-order valence-electron chi connectivity index (χ4n) is 1.55. The summed E-state index contributed by atoms with van der Waals surface area (Å²) in [4.78, 5) is -0.0474. The van der Waals surface area contributed by atoms with Crippen molar-refractivity contribution in [1.82, 2.24) is 0 Å². The summed E-state index contributed by atoms with van der Waals surface area (Å²) < 4.78 is 10.5. The molecular weight excluding hydrogens is 272 g/mol. The number of aryl methyl sites for hydroxylation is 1. The van der Waals surface area contributed by atoms with Crippen LogP contribution in [0.15, 0.2) is 12.1 Å². The smallest absolute Gasteiger partial charge is 0.125 e. The molecule has 90 valence electrons. The zero-order valence-corrected chi connectivity index (χ0v) is 11.5. The van der Waals surface area contributed by atoms with Gasteiger partial charge < -0.3 is 14.6 Å². The zero-order valence-electron chi connectivity index (χ0n) is 9.95. The summed E-state index contributed by atoms with van der Waals surface area (Å²) in [5.41, 5.74) is 1.71. The average molecular weight is 289 g/mol. The lowest BCUT2D eigenvalue weighted by Crippen LogP contribution is -2.10. The summed E-state index contributed by atoms with van der Waals surface area (Å²) >= 11 is 3.36. The first-order chi connectivity index (χ1) is 7.51. The molecule has 0 heterocycles. The number of hydrogen-bond donors (Lipinski definition) is 1.